The van der Waals surface area contributed by atoms with Gasteiger partial charge in [0.2, 0.25) is 0 Å². The van der Waals surface area contributed by atoms with Crippen LogP contribution in [0.25, 0.3) is 0 Å². The second kappa shape index (κ2) is 2.48. The Morgan fingerprint density at radius 3 is 2.75 bits per heavy atom. The van der Waals surface area contributed by atoms with Crippen molar-refractivity contribution in [1.29, 1.82) is 0 Å². The Morgan fingerprint density at radius 2 is 2.50 bits per heavy atom. The van der Waals surface area contributed by atoms with Crippen LogP contribution in [0.15, 0.2) is 0 Å². The lowest BCUT2D eigenvalue weighted by Gasteiger charge is -2.05. The molecule has 0 aromatic heterocycles. The zero-order chi connectivity index (χ0) is 5.98. The Bertz CT molecular complexity index is 77.7. The molecule has 1 saturated heterocycles. The van der Waals surface area contributed by atoms with Gasteiger partial charge in [-0.1, -0.05) is 0 Å². The number of hydrogen-bond donors (Lipinski definition) is 0. The largest absolute Gasteiger partial charge is 0.891 e. The van der Waals surface area contributed by atoms with Crippen molar-refractivity contribution in [2.75, 3.05) is 27.4 Å². The molecule has 0 aliphatic carbocycles. The van der Waals surface area contributed by atoms with Crippen LogP contribution in [0.4, 0.5) is 0 Å². The van der Waals surface area contributed by atoms with Crippen LogP contribution in [0.2, 0.25) is 0 Å². The topological polar surface area (TPSA) is 21.2 Å². The van der Waals surface area contributed by atoms with E-state index in [4.69, 9.17) is 9.31 Å². The van der Waals surface area contributed by atoms with Crippen LogP contribution in [0.5, 0.6) is 0 Å². The van der Waals surface area contributed by atoms with Gasteiger partial charge in [0.05, 0.1) is 0 Å². The van der Waals surface area contributed by atoms with Crippen LogP contribution >= 0.6 is 0 Å². The summed E-state index contributed by atoms with van der Waals surface area (Å²) in [5.41, 5.74) is 0. The van der Waals surface area contributed by atoms with Crippen LogP contribution in [-0.2, 0) is 13.6 Å². The molecule has 1 fully saturated rings. The van der Waals surface area contributed by atoms with Gasteiger partial charge < -0.3 is 13.6 Å². The van der Waals surface area contributed by atoms with Gasteiger partial charge in [0.25, 0.3) is 0 Å². The summed E-state index contributed by atoms with van der Waals surface area (Å²) < 4.78 is 12.7. The van der Waals surface area contributed by atoms with Gasteiger partial charge in [-0.2, -0.15) is 0 Å². The van der Waals surface area contributed by atoms with E-state index in [0.29, 0.717) is 0 Å². The van der Waals surface area contributed by atoms with Gasteiger partial charge in [-0.05, 0) is 0 Å². The highest BCUT2D eigenvalue weighted by Gasteiger charge is 2.42. The maximum Gasteiger partial charge on any atom is 0.891 e. The van der Waals surface area contributed by atoms with Gasteiger partial charge in [0.1, 0.15) is 20.3 Å². The minimum atomic E-state index is -0.185. The van der Waals surface area contributed by atoms with Gasteiger partial charge in [0, 0.05) is 7.11 Å². The molecular formula is C4H10BO3+. The average Bonchev–Trinajstić information content (AvgIpc) is 2.14. The van der Waals surface area contributed by atoms with Crippen molar-refractivity contribution < 1.29 is 13.6 Å². The lowest BCUT2D eigenvalue weighted by atomic mass is 10.2. The second-order valence-corrected chi connectivity index (χ2v) is 1.79. The summed E-state index contributed by atoms with van der Waals surface area (Å²) in [5, 5.41) is 0. The van der Waals surface area contributed by atoms with E-state index in [0.717, 1.165) is 13.2 Å². The summed E-state index contributed by atoms with van der Waals surface area (Å²) in [6, 6.07) is 0. The van der Waals surface area contributed by atoms with E-state index in [-0.39, 0.29) is 7.32 Å². The summed E-state index contributed by atoms with van der Waals surface area (Å²) >= 11 is 0. The molecule has 0 N–H and O–H groups in total. The summed E-state index contributed by atoms with van der Waals surface area (Å²) in [6.07, 6.45) is 0. The summed E-state index contributed by atoms with van der Waals surface area (Å²) in [6.45, 7) is 1.64. The van der Waals surface area contributed by atoms with Crippen molar-refractivity contribution in [3.8, 4) is 0 Å². The van der Waals surface area contributed by atoms with E-state index in [1.165, 1.54) is 0 Å². The van der Waals surface area contributed by atoms with Gasteiger partial charge in [-0.3, -0.25) is 0 Å². The monoisotopic (exact) mass is 117 g/mol. The molecule has 0 bridgehead atoms. The van der Waals surface area contributed by atoms with Crippen molar-refractivity contribution in [2.45, 2.75) is 0 Å². The Morgan fingerprint density at radius 1 is 1.75 bits per heavy atom. The van der Waals surface area contributed by atoms with Crippen LogP contribution in [0, 0.1) is 0 Å². The zero-order valence-corrected chi connectivity index (χ0v) is 5.22. The second-order valence-electron chi connectivity index (χ2n) is 1.79. The third kappa shape index (κ3) is 1.02. The third-order valence-electron chi connectivity index (χ3n) is 1.18. The molecule has 1 rings (SSSR count). The quantitative estimate of drug-likeness (QED) is 0.351. The predicted molar refractivity (Wildman–Crippen MR) is 30.6 cm³/mol. The predicted octanol–water partition coefficient (Wildman–Crippen LogP) is -0.170. The molecular weight excluding hydrogens is 107 g/mol. The lowest BCUT2D eigenvalue weighted by Crippen LogP contribution is -2.25. The van der Waals surface area contributed by atoms with Crippen molar-refractivity contribution in [2.24, 2.45) is 0 Å². The van der Waals surface area contributed by atoms with Crippen molar-refractivity contribution in [1.82, 2.24) is 0 Å². The van der Waals surface area contributed by atoms with Gasteiger partial charge in [-0.15, -0.1) is 0 Å². The van der Waals surface area contributed by atoms with Gasteiger partial charge in [-0.25, -0.2) is 0 Å². The Kier molecular flexibility index (Phi) is 1.88. The standard InChI is InChI=1S/C4H10BO3/c1-6-5-7-3-4-8(5)2/h3-4H2,1-2H3/q+1. The molecule has 0 amide bonds. The zero-order valence-electron chi connectivity index (χ0n) is 5.22. The Hall–Kier alpha value is -0.0551. The SMILES string of the molecule is COB1OCC[O+]1C. The first-order chi connectivity index (χ1) is 3.84. The van der Waals surface area contributed by atoms with Crippen molar-refractivity contribution in [3.63, 3.8) is 0 Å². The average molecular weight is 117 g/mol. The van der Waals surface area contributed by atoms with E-state index < -0.39 is 0 Å². The van der Waals surface area contributed by atoms with Crippen molar-refractivity contribution in [3.05, 3.63) is 0 Å². The molecule has 4 heteroatoms. The summed E-state index contributed by atoms with van der Waals surface area (Å²) in [7, 11) is 3.33. The highest BCUT2D eigenvalue weighted by molar-refractivity contribution is 6.37. The van der Waals surface area contributed by atoms with E-state index in [1.54, 1.807) is 7.11 Å². The molecule has 46 valence electrons. The Balaban J connectivity index is 2.30. The smallest absolute Gasteiger partial charge is 0.476 e. The number of hydrogen-bond acceptors (Lipinski definition) is 2. The molecule has 8 heavy (non-hydrogen) atoms. The molecule has 0 atom stereocenters. The van der Waals surface area contributed by atoms with E-state index in [9.17, 15) is 0 Å². The molecule has 3 nitrogen and oxygen atoms in total. The first kappa shape index (κ1) is 6.07. The highest BCUT2D eigenvalue weighted by atomic mass is 16.8. The van der Waals surface area contributed by atoms with Gasteiger partial charge >= 0.3 is 7.32 Å². The first-order valence-electron chi connectivity index (χ1n) is 2.60. The molecule has 0 aromatic carbocycles. The minimum Gasteiger partial charge on any atom is -0.476 e. The molecule has 0 aromatic rings. The van der Waals surface area contributed by atoms with Crippen LogP contribution in [0.1, 0.15) is 0 Å². The van der Waals surface area contributed by atoms with Gasteiger partial charge in [0.15, 0.2) is 0 Å². The molecule has 1 heterocycles. The maximum absolute atomic E-state index is 5.08. The number of rotatable bonds is 1. The lowest BCUT2D eigenvalue weighted by molar-refractivity contribution is 0.0392. The molecule has 1 aliphatic heterocycles. The maximum atomic E-state index is 5.08. The normalized spacial score (nSPS) is 22.5. The molecule has 0 unspecified atom stereocenters. The Labute approximate surface area is 49.4 Å². The highest BCUT2D eigenvalue weighted by Crippen LogP contribution is 2.06. The molecule has 1 aliphatic rings. The molecule has 0 spiro atoms. The fraction of sp³-hybridized carbons (Fsp3) is 1.00. The van der Waals surface area contributed by atoms with E-state index in [2.05, 4.69) is 4.28 Å². The first-order valence-corrected chi connectivity index (χ1v) is 2.60. The van der Waals surface area contributed by atoms with Crippen LogP contribution in [0.3, 0.4) is 0 Å². The fourth-order valence-corrected chi connectivity index (χ4v) is 0.720. The summed E-state index contributed by atoms with van der Waals surface area (Å²) in [4.78, 5) is 0. The van der Waals surface area contributed by atoms with Crippen LogP contribution < -0.4 is 0 Å². The molecule has 0 saturated carbocycles. The fourth-order valence-electron chi connectivity index (χ4n) is 0.720. The minimum absolute atomic E-state index is 0.185. The third-order valence-corrected chi connectivity index (χ3v) is 1.18. The van der Waals surface area contributed by atoms with Crippen molar-refractivity contribution >= 4 is 7.32 Å². The van der Waals surface area contributed by atoms with E-state index in [1.807, 2.05) is 7.11 Å². The summed E-state index contributed by atoms with van der Waals surface area (Å²) in [5.74, 6) is 0. The van der Waals surface area contributed by atoms with E-state index >= 15 is 0 Å². The van der Waals surface area contributed by atoms with Crippen LogP contribution in [-0.4, -0.2) is 34.8 Å². The molecule has 0 radical (unpaired) electrons.